The third kappa shape index (κ3) is 5.77. The van der Waals surface area contributed by atoms with Gasteiger partial charge in [0.1, 0.15) is 18.3 Å². The van der Waals surface area contributed by atoms with Crippen molar-refractivity contribution in [2.45, 2.75) is 50.8 Å². The monoisotopic (exact) mass is 671 g/mol. The lowest BCUT2D eigenvalue weighted by Gasteiger charge is -2.17. The summed E-state index contributed by atoms with van der Waals surface area (Å²) >= 11 is 2.28. The summed E-state index contributed by atoms with van der Waals surface area (Å²) in [6.45, 7) is 3.04. The molecular weight excluding hydrogens is 641 g/mol. The molecule has 0 bridgehead atoms. The number of benzene rings is 1. The molecule has 41 heavy (non-hydrogen) atoms. The third-order valence-corrected chi connectivity index (χ3v) is 7.60. The number of hydrogen-bond donors (Lipinski definition) is 4. The highest BCUT2D eigenvalue weighted by molar-refractivity contribution is 14.1. The van der Waals surface area contributed by atoms with Gasteiger partial charge in [-0.05, 0) is 46.7 Å². The molecule has 0 radical (unpaired) electrons. The molecule has 6 rings (SSSR count). The van der Waals surface area contributed by atoms with Crippen molar-refractivity contribution in [2.24, 2.45) is 7.05 Å². The van der Waals surface area contributed by atoms with Gasteiger partial charge in [-0.25, -0.2) is 9.97 Å². The van der Waals surface area contributed by atoms with E-state index in [1.807, 2.05) is 42.9 Å². The predicted molar refractivity (Wildman–Crippen MR) is 158 cm³/mol. The van der Waals surface area contributed by atoms with E-state index in [-0.39, 0.29) is 0 Å². The van der Waals surface area contributed by atoms with Gasteiger partial charge in [-0.1, -0.05) is 24.2 Å². The minimum Gasteiger partial charge on any atom is -0.387 e. The number of fused-ring (bicyclic) bond motifs is 1. The zero-order chi connectivity index (χ0) is 28.5. The molecule has 5 aromatic rings. The first-order valence-electron chi connectivity index (χ1n) is 13.3. The number of nitrogens with one attached hydrogen (secondary N) is 2. The van der Waals surface area contributed by atoms with Crippen molar-refractivity contribution in [3.05, 3.63) is 75.5 Å². The number of nitrogens with zero attached hydrogens (tertiary/aromatic N) is 7. The first-order chi connectivity index (χ1) is 19.9. The highest BCUT2D eigenvalue weighted by atomic mass is 127. The van der Waals surface area contributed by atoms with E-state index < -0.39 is 24.5 Å². The van der Waals surface area contributed by atoms with Gasteiger partial charge in [0.15, 0.2) is 29.0 Å². The molecule has 1 saturated heterocycles. The minimum absolute atomic E-state index is 0.353. The minimum atomic E-state index is -1.26. The number of aliphatic hydroxyl groups excluding tert-OH is 2. The Kier molecular flexibility index (Phi) is 7.88. The van der Waals surface area contributed by atoms with Crippen LogP contribution in [0.2, 0.25) is 0 Å². The van der Waals surface area contributed by atoms with Crippen LogP contribution in [0.15, 0.2) is 53.7 Å². The van der Waals surface area contributed by atoms with Crippen LogP contribution in [-0.4, -0.2) is 63.2 Å². The van der Waals surface area contributed by atoms with E-state index in [1.165, 1.54) is 6.33 Å². The summed E-state index contributed by atoms with van der Waals surface area (Å²) < 4.78 is 16.2. The summed E-state index contributed by atoms with van der Waals surface area (Å²) in [4.78, 5) is 18.4. The van der Waals surface area contributed by atoms with Crippen molar-refractivity contribution in [1.82, 2.24) is 34.2 Å². The first kappa shape index (κ1) is 27.6. The van der Waals surface area contributed by atoms with Crippen LogP contribution in [0.4, 0.5) is 11.8 Å². The van der Waals surface area contributed by atoms with E-state index in [9.17, 15) is 10.2 Å². The Balaban J connectivity index is 1.30. The Morgan fingerprint density at radius 1 is 1.05 bits per heavy atom. The van der Waals surface area contributed by atoms with Crippen LogP contribution >= 0.6 is 22.6 Å². The van der Waals surface area contributed by atoms with Crippen LogP contribution in [0.1, 0.15) is 42.0 Å². The molecule has 1 aromatic carbocycles. The Bertz CT molecular complexity index is 1650. The molecule has 0 saturated carbocycles. The van der Waals surface area contributed by atoms with Gasteiger partial charge < -0.3 is 34.7 Å². The van der Waals surface area contributed by atoms with Gasteiger partial charge in [-0.3, -0.25) is 4.57 Å². The van der Waals surface area contributed by atoms with Crippen LogP contribution in [0.25, 0.3) is 11.2 Å². The number of imidazole rings is 2. The molecule has 214 valence electrons. The molecule has 0 aliphatic carbocycles. The average Bonchev–Trinajstić information content (AvgIpc) is 3.75. The molecule has 13 nitrogen and oxygen atoms in total. The summed E-state index contributed by atoms with van der Waals surface area (Å²) in [6.07, 6.45) is 2.28. The zero-order valence-corrected chi connectivity index (χ0v) is 24.6. The van der Waals surface area contributed by atoms with Crippen LogP contribution in [0.5, 0.6) is 0 Å². The standard InChI is InChI=1S/C27H30IN9O4/c1-3-17-10-19(41-35-17)23-21(38)22(39)26(40-23)37-14-32-20-24(30-11-15-5-4-6-16(28)9-15)33-27(34-25(20)37)29-8-7-18-12-36(2)13-31-18/h4-6,9-10,12-14,21-23,26,38-39H,3,7-8,11H2,1-2H3,(H2,29,30,33,34)/t21-,22+,23+,26+/m0/s1. The molecular formula is C27H30IN9O4. The molecule has 0 unspecified atom stereocenters. The van der Waals surface area contributed by atoms with Gasteiger partial charge in [0.25, 0.3) is 0 Å². The molecule has 1 aliphatic heterocycles. The van der Waals surface area contributed by atoms with Crippen molar-refractivity contribution in [3.8, 4) is 0 Å². The average molecular weight is 672 g/mol. The second-order valence-corrected chi connectivity index (χ2v) is 11.2. The lowest BCUT2D eigenvalue weighted by atomic mass is 10.1. The molecule has 14 heteroatoms. The second kappa shape index (κ2) is 11.7. The fourth-order valence-electron chi connectivity index (χ4n) is 4.79. The fraction of sp³-hybridized carbons (Fsp3) is 0.370. The van der Waals surface area contributed by atoms with Crippen LogP contribution < -0.4 is 10.6 Å². The van der Waals surface area contributed by atoms with Gasteiger partial charge in [0, 0.05) is 42.4 Å². The highest BCUT2D eigenvalue weighted by Gasteiger charge is 2.47. The van der Waals surface area contributed by atoms with Gasteiger partial charge >= 0.3 is 0 Å². The number of rotatable bonds is 10. The number of aromatic nitrogens is 7. The van der Waals surface area contributed by atoms with E-state index in [4.69, 9.17) is 19.2 Å². The summed E-state index contributed by atoms with van der Waals surface area (Å²) in [6, 6.07) is 9.90. The number of ether oxygens (including phenoxy) is 1. The molecule has 0 amide bonds. The Labute approximate surface area is 249 Å². The largest absolute Gasteiger partial charge is 0.387 e. The fourth-order valence-corrected chi connectivity index (χ4v) is 5.40. The lowest BCUT2D eigenvalue weighted by Crippen LogP contribution is -2.29. The third-order valence-electron chi connectivity index (χ3n) is 6.93. The molecule has 1 fully saturated rings. The summed E-state index contributed by atoms with van der Waals surface area (Å²) in [7, 11) is 1.93. The molecule has 4 aromatic heterocycles. The Morgan fingerprint density at radius 2 is 1.93 bits per heavy atom. The smallest absolute Gasteiger partial charge is 0.226 e. The lowest BCUT2D eigenvalue weighted by molar-refractivity contribution is -0.0434. The van der Waals surface area contributed by atoms with Crippen molar-refractivity contribution in [2.75, 3.05) is 17.2 Å². The maximum absolute atomic E-state index is 11.0. The van der Waals surface area contributed by atoms with Gasteiger partial charge in [0.2, 0.25) is 5.95 Å². The predicted octanol–water partition coefficient (Wildman–Crippen LogP) is 2.97. The second-order valence-electron chi connectivity index (χ2n) is 9.91. The maximum Gasteiger partial charge on any atom is 0.226 e. The number of halogens is 1. The molecule has 5 heterocycles. The van der Waals surface area contributed by atoms with E-state index in [0.717, 1.165) is 20.5 Å². The Hall–Kier alpha value is -3.60. The highest BCUT2D eigenvalue weighted by Crippen LogP contribution is 2.40. The Morgan fingerprint density at radius 3 is 2.68 bits per heavy atom. The van der Waals surface area contributed by atoms with Gasteiger partial charge in [-0.2, -0.15) is 9.97 Å². The van der Waals surface area contributed by atoms with Crippen LogP contribution in [0.3, 0.4) is 0 Å². The summed E-state index contributed by atoms with van der Waals surface area (Å²) in [5.41, 5.74) is 3.72. The topological polar surface area (TPSA) is 161 Å². The van der Waals surface area contributed by atoms with Crippen molar-refractivity contribution in [3.63, 3.8) is 0 Å². The first-order valence-corrected chi connectivity index (χ1v) is 14.4. The van der Waals surface area contributed by atoms with Crippen molar-refractivity contribution >= 4 is 45.5 Å². The summed E-state index contributed by atoms with van der Waals surface area (Å²) in [5.74, 6) is 1.26. The number of aryl methyl sites for hydroxylation is 2. The number of anilines is 2. The van der Waals surface area contributed by atoms with Crippen molar-refractivity contribution in [1.29, 1.82) is 0 Å². The summed E-state index contributed by atoms with van der Waals surface area (Å²) in [5, 5.41) is 32.5. The molecule has 0 spiro atoms. The van der Waals surface area contributed by atoms with Gasteiger partial charge in [-0.15, -0.1) is 0 Å². The van der Waals surface area contributed by atoms with E-state index >= 15 is 0 Å². The zero-order valence-electron chi connectivity index (χ0n) is 22.5. The van der Waals surface area contributed by atoms with Crippen LogP contribution in [-0.2, 0) is 31.2 Å². The van der Waals surface area contributed by atoms with E-state index in [0.29, 0.717) is 54.6 Å². The van der Waals surface area contributed by atoms with Crippen LogP contribution in [0, 0.1) is 3.57 Å². The maximum atomic E-state index is 11.0. The van der Waals surface area contributed by atoms with E-state index in [2.05, 4.69) is 54.4 Å². The number of hydrogen-bond acceptors (Lipinski definition) is 11. The molecule has 1 aliphatic rings. The normalized spacial score (nSPS) is 20.6. The quantitative estimate of drug-likeness (QED) is 0.162. The molecule has 4 atom stereocenters. The van der Waals surface area contributed by atoms with E-state index in [1.54, 1.807) is 17.0 Å². The number of aliphatic hydroxyl groups is 2. The van der Waals surface area contributed by atoms with Crippen molar-refractivity contribution < 1.29 is 19.5 Å². The SMILES string of the molecule is CCc1cc([C@H]2O[C@@H](n3cnc4c(NCc5cccc(I)c5)nc(NCCc5cn(C)cn5)nc43)[C@H](O)[C@@H]2O)on1. The van der Waals surface area contributed by atoms with Gasteiger partial charge in [0.05, 0.1) is 24.0 Å². The molecule has 4 N–H and O–H groups in total.